The molecule has 1 aliphatic rings. The molecule has 0 radical (unpaired) electrons. The van der Waals surface area contributed by atoms with Crippen LogP contribution in [0.15, 0.2) is 78.9 Å². The van der Waals surface area contributed by atoms with Gasteiger partial charge in [0.15, 0.2) is 0 Å². The fourth-order valence-electron chi connectivity index (χ4n) is 5.75. The molecule has 0 saturated heterocycles. The van der Waals surface area contributed by atoms with Crippen molar-refractivity contribution < 1.29 is 22.7 Å². The number of carbonyl (C=O) groups excluding carboxylic acids is 2. The average molecular weight is 606 g/mol. The SMILES string of the molecule is COc1ccccc1N(CCCC(=O)N(Cc1cccc(C)c1)[C@H](Cc1ccccc1)C(=O)NC1CCCC1)S(C)(=O)=O. The summed E-state index contributed by atoms with van der Waals surface area (Å²) in [7, 11) is -2.15. The Morgan fingerprint density at radius 3 is 2.30 bits per heavy atom. The molecule has 1 N–H and O–H groups in total. The summed E-state index contributed by atoms with van der Waals surface area (Å²) in [5.74, 6) is 0.0906. The zero-order valence-electron chi connectivity index (χ0n) is 25.4. The third-order valence-electron chi connectivity index (χ3n) is 7.91. The second-order valence-corrected chi connectivity index (χ2v) is 13.2. The van der Waals surface area contributed by atoms with Gasteiger partial charge in [0.2, 0.25) is 21.8 Å². The van der Waals surface area contributed by atoms with Crippen molar-refractivity contribution >= 4 is 27.5 Å². The zero-order valence-corrected chi connectivity index (χ0v) is 26.2. The summed E-state index contributed by atoms with van der Waals surface area (Å²) in [4.78, 5) is 29.6. The molecule has 0 heterocycles. The van der Waals surface area contributed by atoms with E-state index in [-0.39, 0.29) is 43.8 Å². The van der Waals surface area contributed by atoms with Crippen LogP contribution in [0.4, 0.5) is 5.69 Å². The van der Waals surface area contributed by atoms with Gasteiger partial charge in [-0.2, -0.15) is 0 Å². The molecule has 0 unspecified atom stereocenters. The van der Waals surface area contributed by atoms with E-state index in [2.05, 4.69) is 5.32 Å². The zero-order chi connectivity index (χ0) is 30.8. The summed E-state index contributed by atoms with van der Waals surface area (Å²) in [5.41, 5.74) is 3.40. The second-order valence-electron chi connectivity index (χ2n) is 11.3. The lowest BCUT2D eigenvalue weighted by molar-refractivity contribution is -0.141. The number of nitrogens with zero attached hydrogens (tertiary/aromatic N) is 2. The van der Waals surface area contributed by atoms with Gasteiger partial charge in [0.1, 0.15) is 11.8 Å². The summed E-state index contributed by atoms with van der Waals surface area (Å²) in [6, 6.07) is 24.0. The van der Waals surface area contributed by atoms with Gasteiger partial charge < -0.3 is 15.0 Å². The molecule has 1 fully saturated rings. The molecule has 3 aromatic carbocycles. The van der Waals surface area contributed by atoms with Gasteiger partial charge in [0, 0.05) is 32.0 Å². The number of benzene rings is 3. The van der Waals surface area contributed by atoms with Crippen molar-refractivity contribution in [3.05, 3.63) is 95.6 Å². The van der Waals surface area contributed by atoms with E-state index in [1.165, 1.54) is 11.4 Å². The third-order valence-corrected chi connectivity index (χ3v) is 9.09. The lowest BCUT2D eigenvalue weighted by atomic mass is 10.0. The quantitative estimate of drug-likeness (QED) is 0.271. The highest BCUT2D eigenvalue weighted by atomic mass is 32.2. The Morgan fingerprint density at radius 2 is 1.63 bits per heavy atom. The Labute approximate surface area is 256 Å². The minimum Gasteiger partial charge on any atom is -0.495 e. The molecular formula is C34H43N3O5S. The molecule has 1 atom stereocenters. The highest BCUT2D eigenvalue weighted by molar-refractivity contribution is 7.92. The van der Waals surface area contributed by atoms with Crippen LogP contribution in [0.2, 0.25) is 0 Å². The van der Waals surface area contributed by atoms with Crippen molar-refractivity contribution in [1.29, 1.82) is 0 Å². The lowest BCUT2D eigenvalue weighted by Gasteiger charge is -2.33. The molecule has 8 nitrogen and oxygen atoms in total. The number of rotatable bonds is 14. The summed E-state index contributed by atoms with van der Waals surface area (Å²) in [5, 5.41) is 3.23. The molecule has 3 aromatic rings. The fraction of sp³-hybridized carbons (Fsp3) is 0.412. The maximum absolute atomic E-state index is 14.0. The van der Waals surface area contributed by atoms with Crippen LogP contribution in [0, 0.1) is 6.92 Å². The van der Waals surface area contributed by atoms with E-state index in [4.69, 9.17) is 4.74 Å². The van der Waals surface area contributed by atoms with E-state index in [0.717, 1.165) is 48.6 Å². The largest absolute Gasteiger partial charge is 0.495 e. The Kier molecular flexibility index (Phi) is 11.2. The van der Waals surface area contributed by atoms with Crippen molar-refractivity contribution in [3.63, 3.8) is 0 Å². The minimum absolute atomic E-state index is 0.0784. The standard InChI is InChI=1S/C34H43N3O5S/c1-26-13-11-16-28(23-26)25-36(31(24-27-14-5-4-6-15-27)34(39)35-29-17-7-8-18-29)33(38)21-12-22-37(43(3,40)41)30-19-9-10-20-32(30)42-2/h4-6,9-11,13-16,19-20,23,29,31H,7-8,12,17-18,21-22,24-25H2,1-3H3,(H,35,39)/t31-/m1/s1. The summed E-state index contributed by atoms with van der Waals surface area (Å²) < 4.78 is 32.2. The average Bonchev–Trinajstić information content (AvgIpc) is 3.50. The van der Waals surface area contributed by atoms with Crippen molar-refractivity contribution in [3.8, 4) is 5.75 Å². The van der Waals surface area contributed by atoms with E-state index in [0.29, 0.717) is 17.9 Å². The molecule has 0 spiro atoms. The van der Waals surface area contributed by atoms with Crippen LogP contribution in [-0.2, 0) is 32.6 Å². The number of ether oxygens (including phenoxy) is 1. The van der Waals surface area contributed by atoms with Gasteiger partial charge in [-0.3, -0.25) is 13.9 Å². The van der Waals surface area contributed by atoms with Crippen molar-refractivity contribution in [1.82, 2.24) is 10.2 Å². The van der Waals surface area contributed by atoms with E-state index in [1.54, 1.807) is 29.2 Å². The number of para-hydroxylation sites is 2. The van der Waals surface area contributed by atoms with Gasteiger partial charge in [0.05, 0.1) is 19.1 Å². The number of carbonyl (C=O) groups is 2. The molecule has 230 valence electrons. The second kappa shape index (κ2) is 15.0. The van der Waals surface area contributed by atoms with Crippen LogP contribution in [0.5, 0.6) is 5.75 Å². The number of hydrogen-bond acceptors (Lipinski definition) is 5. The Balaban J connectivity index is 1.60. The molecule has 4 rings (SSSR count). The maximum atomic E-state index is 14.0. The smallest absolute Gasteiger partial charge is 0.243 e. The summed E-state index contributed by atoms with van der Waals surface area (Å²) in [6.07, 6.45) is 5.94. The van der Waals surface area contributed by atoms with Gasteiger partial charge in [-0.05, 0) is 49.4 Å². The normalized spacial score (nSPS) is 14.2. The van der Waals surface area contributed by atoms with Crippen LogP contribution < -0.4 is 14.4 Å². The molecule has 1 aliphatic carbocycles. The lowest BCUT2D eigenvalue weighted by Crippen LogP contribution is -2.52. The minimum atomic E-state index is -3.64. The van der Waals surface area contributed by atoms with Gasteiger partial charge in [-0.1, -0.05) is 85.1 Å². The number of aryl methyl sites for hydroxylation is 1. The van der Waals surface area contributed by atoms with Crippen LogP contribution in [0.1, 0.15) is 55.2 Å². The highest BCUT2D eigenvalue weighted by Gasteiger charge is 2.32. The van der Waals surface area contributed by atoms with Crippen LogP contribution >= 0.6 is 0 Å². The molecule has 0 aliphatic heterocycles. The van der Waals surface area contributed by atoms with Crippen molar-refractivity contribution in [2.45, 2.75) is 70.5 Å². The van der Waals surface area contributed by atoms with Crippen molar-refractivity contribution in [2.24, 2.45) is 0 Å². The number of anilines is 1. The molecule has 43 heavy (non-hydrogen) atoms. The summed E-state index contributed by atoms with van der Waals surface area (Å²) in [6.45, 7) is 2.38. The Bertz CT molecular complexity index is 1470. The Hall–Kier alpha value is -3.85. The van der Waals surface area contributed by atoms with Crippen LogP contribution in [-0.4, -0.2) is 57.1 Å². The Morgan fingerprint density at radius 1 is 0.953 bits per heavy atom. The topological polar surface area (TPSA) is 96.0 Å². The third kappa shape index (κ3) is 9.07. The number of methoxy groups -OCH3 is 1. The van der Waals surface area contributed by atoms with E-state index in [9.17, 15) is 18.0 Å². The monoisotopic (exact) mass is 605 g/mol. The first-order valence-electron chi connectivity index (χ1n) is 15.0. The first-order valence-corrected chi connectivity index (χ1v) is 16.8. The van der Waals surface area contributed by atoms with E-state index < -0.39 is 16.1 Å². The van der Waals surface area contributed by atoms with E-state index >= 15 is 0 Å². The van der Waals surface area contributed by atoms with E-state index in [1.807, 2.05) is 61.5 Å². The van der Waals surface area contributed by atoms with Crippen molar-refractivity contribution in [2.75, 3.05) is 24.2 Å². The number of sulfonamides is 1. The number of amides is 2. The van der Waals surface area contributed by atoms with Gasteiger partial charge in [0.25, 0.3) is 0 Å². The first kappa shape index (κ1) is 32.1. The van der Waals surface area contributed by atoms with Crippen LogP contribution in [0.3, 0.4) is 0 Å². The van der Waals surface area contributed by atoms with Gasteiger partial charge >= 0.3 is 0 Å². The molecule has 0 aromatic heterocycles. The molecule has 9 heteroatoms. The maximum Gasteiger partial charge on any atom is 0.243 e. The number of nitrogens with one attached hydrogen (secondary N) is 1. The first-order chi connectivity index (χ1) is 20.7. The molecular weight excluding hydrogens is 562 g/mol. The van der Waals surface area contributed by atoms with Crippen LogP contribution in [0.25, 0.3) is 0 Å². The predicted molar refractivity (Wildman–Crippen MR) is 170 cm³/mol. The highest BCUT2D eigenvalue weighted by Crippen LogP contribution is 2.30. The molecule has 1 saturated carbocycles. The molecule has 2 amide bonds. The molecule has 0 bridgehead atoms. The van der Waals surface area contributed by atoms with Gasteiger partial charge in [-0.15, -0.1) is 0 Å². The van der Waals surface area contributed by atoms with Gasteiger partial charge in [-0.25, -0.2) is 8.42 Å². The fourth-order valence-corrected chi connectivity index (χ4v) is 6.72. The predicted octanol–water partition coefficient (Wildman–Crippen LogP) is 5.25. The summed E-state index contributed by atoms with van der Waals surface area (Å²) >= 11 is 0. The number of hydrogen-bond donors (Lipinski definition) is 1.